The van der Waals surface area contributed by atoms with Crippen LogP contribution < -0.4 is 16.0 Å². The fourth-order valence-electron chi connectivity index (χ4n) is 3.88. The smallest absolute Gasteiger partial charge is 0.319 e. The zero-order valence-electron chi connectivity index (χ0n) is 16.5. The van der Waals surface area contributed by atoms with Gasteiger partial charge < -0.3 is 16.0 Å². The van der Waals surface area contributed by atoms with E-state index in [1.54, 1.807) is 25.3 Å². The third-order valence-corrected chi connectivity index (χ3v) is 5.71. The molecule has 7 nitrogen and oxygen atoms in total. The highest BCUT2D eigenvalue weighted by atomic mass is 35.5. The van der Waals surface area contributed by atoms with Gasteiger partial charge in [0, 0.05) is 11.1 Å². The summed E-state index contributed by atoms with van der Waals surface area (Å²) in [5, 5.41) is 18.6. The van der Waals surface area contributed by atoms with Crippen molar-refractivity contribution in [3.8, 4) is 0 Å². The number of fused-ring (bicyclic) bond motifs is 2. The third kappa shape index (κ3) is 3.49. The first-order valence-electron chi connectivity index (χ1n) is 9.70. The quantitative estimate of drug-likeness (QED) is 0.380. The first-order valence-corrected chi connectivity index (χ1v) is 10.1. The van der Waals surface area contributed by atoms with Crippen molar-refractivity contribution < 1.29 is 9.59 Å². The molecule has 0 spiro atoms. The lowest BCUT2D eigenvalue weighted by Crippen LogP contribution is -2.46. The van der Waals surface area contributed by atoms with Crippen molar-refractivity contribution in [2.75, 3.05) is 5.32 Å². The number of urea groups is 1. The minimum absolute atomic E-state index is 0.354. The van der Waals surface area contributed by atoms with Gasteiger partial charge in [-0.25, -0.2) is 4.79 Å². The van der Waals surface area contributed by atoms with Gasteiger partial charge in [-0.05, 0) is 41.5 Å². The zero-order valence-corrected chi connectivity index (χ0v) is 17.2. The minimum Gasteiger partial charge on any atom is -0.327 e. The van der Waals surface area contributed by atoms with E-state index in [4.69, 9.17) is 11.6 Å². The molecule has 4 N–H and O–H groups in total. The molecule has 1 atom stereocenters. The molecule has 4 aromatic rings. The number of hydrogen-bond acceptors (Lipinski definition) is 3. The van der Waals surface area contributed by atoms with Crippen LogP contribution in [0.5, 0.6) is 0 Å². The summed E-state index contributed by atoms with van der Waals surface area (Å²) in [7, 11) is 0. The lowest BCUT2D eigenvalue weighted by molar-refractivity contribution is -0.113. The number of nitrogens with one attached hydrogen (secondary N) is 4. The first-order chi connectivity index (χ1) is 15.0. The molecule has 1 unspecified atom stereocenters. The summed E-state index contributed by atoms with van der Waals surface area (Å²) in [5.41, 5.74) is 2.96. The molecule has 2 heterocycles. The van der Waals surface area contributed by atoms with Crippen molar-refractivity contribution >= 4 is 50.9 Å². The molecule has 3 amide bonds. The minimum atomic E-state index is -0.602. The fourth-order valence-corrected chi connectivity index (χ4v) is 4.09. The van der Waals surface area contributed by atoms with E-state index in [1.807, 2.05) is 42.5 Å². The van der Waals surface area contributed by atoms with Crippen molar-refractivity contribution in [2.24, 2.45) is 0 Å². The summed E-state index contributed by atoms with van der Waals surface area (Å²) >= 11 is 6.36. The Bertz CT molecular complexity index is 1390. The number of carbonyl (C=O) groups is 2. The molecule has 0 fully saturated rings. The Morgan fingerprint density at radius 3 is 2.71 bits per heavy atom. The Kier molecular flexibility index (Phi) is 4.60. The Hall–Kier alpha value is -3.84. The lowest BCUT2D eigenvalue weighted by atomic mass is 9.93. The molecular weight excluding hydrogens is 414 g/mol. The number of aromatic nitrogens is 2. The predicted molar refractivity (Wildman–Crippen MR) is 121 cm³/mol. The molecule has 0 saturated heterocycles. The second kappa shape index (κ2) is 7.45. The zero-order chi connectivity index (χ0) is 21.5. The van der Waals surface area contributed by atoms with Crippen LogP contribution in [0, 0.1) is 0 Å². The molecule has 0 bridgehead atoms. The summed E-state index contributed by atoms with van der Waals surface area (Å²) in [6.07, 6.45) is 1.66. The highest BCUT2D eigenvalue weighted by Gasteiger charge is 2.31. The van der Waals surface area contributed by atoms with E-state index in [9.17, 15) is 9.59 Å². The number of hydrogen-bond donors (Lipinski definition) is 4. The van der Waals surface area contributed by atoms with Crippen LogP contribution in [0.25, 0.3) is 21.7 Å². The SMILES string of the molecule is CC1=C(C(=O)Nc2cc3cn[nH]c3cc2Cl)C(c2ccc3ccccc3c2)NC(=O)N1. The van der Waals surface area contributed by atoms with Gasteiger partial charge in [0.1, 0.15) is 0 Å². The van der Waals surface area contributed by atoms with Crippen LogP contribution in [0.2, 0.25) is 5.02 Å². The van der Waals surface area contributed by atoms with Crippen molar-refractivity contribution in [1.82, 2.24) is 20.8 Å². The number of rotatable bonds is 3. The van der Waals surface area contributed by atoms with Gasteiger partial charge in [-0.2, -0.15) is 5.10 Å². The number of allylic oxidation sites excluding steroid dienone is 1. The maximum absolute atomic E-state index is 13.3. The van der Waals surface area contributed by atoms with E-state index >= 15 is 0 Å². The largest absolute Gasteiger partial charge is 0.327 e. The van der Waals surface area contributed by atoms with Crippen LogP contribution in [-0.2, 0) is 4.79 Å². The van der Waals surface area contributed by atoms with Gasteiger partial charge in [0.2, 0.25) is 0 Å². The van der Waals surface area contributed by atoms with Gasteiger partial charge in [0.25, 0.3) is 5.91 Å². The average molecular weight is 432 g/mol. The first kappa shape index (κ1) is 19.1. The second-order valence-corrected chi connectivity index (χ2v) is 7.83. The average Bonchev–Trinajstić information content (AvgIpc) is 3.20. The van der Waals surface area contributed by atoms with Gasteiger partial charge in [-0.15, -0.1) is 0 Å². The van der Waals surface area contributed by atoms with E-state index < -0.39 is 6.04 Å². The summed E-state index contributed by atoms with van der Waals surface area (Å²) in [5.74, 6) is -0.354. The second-order valence-electron chi connectivity index (χ2n) is 7.42. The molecule has 154 valence electrons. The normalized spacial score (nSPS) is 16.3. The summed E-state index contributed by atoms with van der Waals surface area (Å²) in [6.45, 7) is 1.71. The Balaban J connectivity index is 1.53. The number of nitrogens with zero attached hydrogens (tertiary/aromatic N) is 1. The fraction of sp³-hybridized carbons (Fsp3) is 0.0870. The molecule has 1 aliphatic heterocycles. The van der Waals surface area contributed by atoms with Gasteiger partial charge in [-0.3, -0.25) is 9.89 Å². The van der Waals surface area contributed by atoms with Crippen molar-refractivity contribution in [3.05, 3.63) is 82.7 Å². The predicted octanol–water partition coefficient (Wildman–Crippen LogP) is 4.64. The van der Waals surface area contributed by atoms with Gasteiger partial charge in [0.15, 0.2) is 0 Å². The summed E-state index contributed by atoms with van der Waals surface area (Å²) < 4.78 is 0. The molecule has 0 aliphatic carbocycles. The van der Waals surface area contributed by atoms with Crippen LogP contribution in [0.15, 0.2) is 72.1 Å². The summed E-state index contributed by atoms with van der Waals surface area (Å²) in [4.78, 5) is 25.5. The number of H-pyrrole nitrogens is 1. The molecule has 1 aromatic heterocycles. The van der Waals surface area contributed by atoms with E-state index in [0.29, 0.717) is 22.0 Å². The Labute approximate surface area is 182 Å². The van der Waals surface area contributed by atoms with Crippen LogP contribution in [-0.4, -0.2) is 22.1 Å². The Morgan fingerprint density at radius 2 is 1.87 bits per heavy atom. The molecule has 1 aliphatic rings. The maximum Gasteiger partial charge on any atom is 0.319 e. The van der Waals surface area contributed by atoms with Crippen LogP contribution in [0.1, 0.15) is 18.5 Å². The van der Waals surface area contributed by atoms with Crippen LogP contribution in [0.4, 0.5) is 10.5 Å². The highest BCUT2D eigenvalue weighted by Crippen LogP contribution is 2.32. The number of carbonyl (C=O) groups excluding carboxylic acids is 2. The lowest BCUT2D eigenvalue weighted by Gasteiger charge is -2.29. The standard InChI is InChI=1S/C23H18ClN5O2/c1-12-20(22(30)27-19-9-16-11-25-29-18(16)10-17(19)24)21(28-23(31)26-12)15-7-6-13-4-2-3-5-14(13)8-15/h2-11,21H,1H3,(H,25,29)(H,27,30)(H2,26,28,31). The molecule has 0 radical (unpaired) electrons. The van der Waals surface area contributed by atoms with Crippen molar-refractivity contribution in [1.29, 1.82) is 0 Å². The summed E-state index contributed by atoms with van der Waals surface area (Å²) in [6, 6.07) is 16.3. The number of aromatic amines is 1. The molecule has 5 rings (SSSR count). The van der Waals surface area contributed by atoms with Crippen molar-refractivity contribution in [3.63, 3.8) is 0 Å². The van der Waals surface area contributed by atoms with E-state index in [0.717, 1.165) is 27.2 Å². The van der Waals surface area contributed by atoms with Crippen LogP contribution >= 0.6 is 11.6 Å². The van der Waals surface area contributed by atoms with Crippen molar-refractivity contribution in [2.45, 2.75) is 13.0 Å². The topological polar surface area (TPSA) is 98.9 Å². The van der Waals surface area contributed by atoms with Gasteiger partial charge in [-0.1, -0.05) is 48.0 Å². The Morgan fingerprint density at radius 1 is 1.06 bits per heavy atom. The van der Waals surface area contributed by atoms with Crippen LogP contribution in [0.3, 0.4) is 0 Å². The van der Waals surface area contributed by atoms with E-state index in [1.165, 1.54) is 0 Å². The molecule has 31 heavy (non-hydrogen) atoms. The third-order valence-electron chi connectivity index (χ3n) is 5.40. The number of amides is 3. The number of halogens is 1. The monoisotopic (exact) mass is 431 g/mol. The molecule has 3 aromatic carbocycles. The highest BCUT2D eigenvalue weighted by molar-refractivity contribution is 6.34. The molecular formula is C23H18ClN5O2. The van der Waals surface area contributed by atoms with Gasteiger partial charge in [0.05, 0.1) is 34.0 Å². The van der Waals surface area contributed by atoms with E-state index in [-0.39, 0.29) is 11.9 Å². The van der Waals surface area contributed by atoms with E-state index in [2.05, 4.69) is 26.1 Å². The van der Waals surface area contributed by atoms with Gasteiger partial charge >= 0.3 is 6.03 Å². The number of anilines is 1. The number of benzene rings is 3. The molecule has 8 heteroatoms. The molecule has 0 saturated carbocycles. The maximum atomic E-state index is 13.3.